The summed E-state index contributed by atoms with van der Waals surface area (Å²) < 4.78 is 7.00. The van der Waals surface area contributed by atoms with Gasteiger partial charge in [-0.25, -0.2) is 9.97 Å². The number of nitrogens with zero attached hydrogens (tertiary/aromatic N) is 2. The van der Waals surface area contributed by atoms with Crippen LogP contribution in [0.15, 0.2) is 36.5 Å². The molecule has 1 aromatic carbocycles. The molecule has 3 aromatic rings. The fraction of sp³-hybridized carbons (Fsp3) is 0.300. The molecule has 25 heavy (non-hydrogen) atoms. The fourth-order valence-electron chi connectivity index (χ4n) is 2.62. The third-order valence-corrected chi connectivity index (χ3v) is 4.88. The first-order chi connectivity index (χ1) is 12.2. The van der Waals surface area contributed by atoms with Gasteiger partial charge in [0, 0.05) is 24.4 Å². The van der Waals surface area contributed by atoms with Gasteiger partial charge in [0.1, 0.15) is 17.2 Å². The average molecular weight is 351 g/mol. The maximum absolute atomic E-state index is 5.90. The minimum atomic E-state index is 0.472. The van der Waals surface area contributed by atoms with Crippen LogP contribution in [0, 0.1) is 12.3 Å². The summed E-state index contributed by atoms with van der Waals surface area (Å²) in [4.78, 5) is 8.74. The van der Waals surface area contributed by atoms with Gasteiger partial charge in [-0.05, 0) is 31.0 Å². The van der Waals surface area contributed by atoms with Gasteiger partial charge in [0.15, 0.2) is 5.13 Å². The second-order valence-corrected chi connectivity index (χ2v) is 6.84. The summed E-state index contributed by atoms with van der Waals surface area (Å²) in [5.74, 6) is 3.95. The molecule has 1 atom stereocenters. The Balaban J connectivity index is 1.79. The molecule has 0 fully saturated rings. The molecule has 2 heterocycles. The zero-order chi connectivity index (χ0) is 17.6. The van der Waals surface area contributed by atoms with Crippen molar-refractivity contribution in [3.05, 3.63) is 42.2 Å². The minimum Gasteiger partial charge on any atom is -0.457 e. The number of terminal acetylenes is 1. The summed E-state index contributed by atoms with van der Waals surface area (Å²) in [5, 5.41) is 4.50. The molecule has 0 saturated heterocycles. The summed E-state index contributed by atoms with van der Waals surface area (Å²) in [6.45, 7) is 4.41. The van der Waals surface area contributed by atoms with Crippen LogP contribution in [0.3, 0.4) is 0 Å². The van der Waals surface area contributed by atoms with Gasteiger partial charge in [-0.2, -0.15) is 0 Å². The number of hydrogen-bond acceptors (Lipinski definition) is 5. The smallest absolute Gasteiger partial charge is 0.184 e. The third kappa shape index (κ3) is 4.28. The topological polar surface area (TPSA) is 47.0 Å². The number of nitrogens with one attached hydrogen (secondary N) is 1. The van der Waals surface area contributed by atoms with Gasteiger partial charge >= 0.3 is 0 Å². The molecule has 3 rings (SSSR count). The van der Waals surface area contributed by atoms with Crippen LogP contribution in [0.4, 0.5) is 5.13 Å². The van der Waals surface area contributed by atoms with Crippen molar-refractivity contribution < 1.29 is 4.74 Å². The molecular weight excluding hydrogens is 330 g/mol. The highest BCUT2D eigenvalue weighted by Gasteiger charge is 2.10. The van der Waals surface area contributed by atoms with Crippen molar-refractivity contribution in [3.63, 3.8) is 0 Å². The monoisotopic (exact) mass is 351 g/mol. The van der Waals surface area contributed by atoms with E-state index in [1.165, 1.54) is 6.42 Å². The van der Waals surface area contributed by atoms with E-state index in [1.54, 1.807) is 29.7 Å². The number of fused-ring (bicyclic) bond motifs is 1. The lowest BCUT2D eigenvalue weighted by Gasteiger charge is -2.14. The lowest BCUT2D eigenvalue weighted by molar-refractivity contribution is 0.482. The maximum atomic E-state index is 5.90. The van der Waals surface area contributed by atoms with Crippen molar-refractivity contribution in [1.29, 1.82) is 0 Å². The maximum Gasteiger partial charge on any atom is 0.184 e. The molecule has 1 N–H and O–H groups in total. The van der Waals surface area contributed by atoms with E-state index < -0.39 is 0 Å². The van der Waals surface area contributed by atoms with E-state index in [-0.39, 0.29) is 0 Å². The Morgan fingerprint density at radius 2 is 2.08 bits per heavy atom. The van der Waals surface area contributed by atoms with Crippen LogP contribution in [-0.4, -0.2) is 16.0 Å². The molecule has 0 spiro atoms. The Hall–Kier alpha value is -2.58. The van der Waals surface area contributed by atoms with E-state index >= 15 is 0 Å². The molecule has 128 valence electrons. The summed E-state index contributed by atoms with van der Waals surface area (Å²) in [7, 11) is 0. The Bertz CT molecular complexity index is 897. The average Bonchev–Trinajstić information content (AvgIpc) is 3.03. The predicted molar refractivity (Wildman–Crippen MR) is 104 cm³/mol. The summed E-state index contributed by atoms with van der Waals surface area (Å²) >= 11 is 1.65. The van der Waals surface area contributed by atoms with Crippen LogP contribution in [0.2, 0.25) is 0 Å². The van der Waals surface area contributed by atoms with Crippen LogP contribution >= 0.6 is 11.3 Å². The molecule has 1 unspecified atom stereocenters. The van der Waals surface area contributed by atoms with Crippen molar-refractivity contribution >= 4 is 26.7 Å². The Morgan fingerprint density at radius 1 is 1.24 bits per heavy atom. The van der Waals surface area contributed by atoms with Gasteiger partial charge in [-0.3, -0.25) is 0 Å². The summed E-state index contributed by atoms with van der Waals surface area (Å²) in [6, 6.07) is 9.93. The number of pyridine rings is 1. The van der Waals surface area contributed by atoms with Crippen LogP contribution in [0.5, 0.6) is 11.5 Å². The number of hydrogen-bond donors (Lipinski definition) is 1. The molecule has 4 nitrogen and oxygen atoms in total. The quantitative estimate of drug-likeness (QED) is 0.575. The molecule has 0 radical (unpaired) electrons. The fourth-order valence-corrected chi connectivity index (χ4v) is 3.59. The highest BCUT2D eigenvalue weighted by molar-refractivity contribution is 7.22. The number of rotatable bonds is 7. The molecule has 0 bridgehead atoms. The molecule has 2 aromatic heterocycles. The molecule has 0 aliphatic rings. The molecule has 0 aliphatic heterocycles. The van der Waals surface area contributed by atoms with E-state index in [2.05, 4.69) is 35.1 Å². The van der Waals surface area contributed by atoms with Gasteiger partial charge in [-0.15, -0.1) is 6.42 Å². The van der Waals surface area contributed by atoms with Crippen molar-refractivity contribution in [2.45, 2.75) is 39.2 Å². The second-order valence-electron chi connectivity index (χ2n) is 5.81. The van der Waals surface area contributed by atoms with Crippen molar-refractivity contribution in [3.8, 4) is 23.8 Å². The zero-order valence-corrected chi connectivity index (χ0v) is 15.3. The van der Waals surface area contributed by atoms with Crippen LogP contribution in [0.25, 0.3) is 10.2 Å². The number of thiazole rings is 1. The van der Waals surface area contributed by atoms with Gasteiger partial charge in [-0.1, -0.05) is 37.5 Å². The molecule has 5 heteroatoms. The van der Waals surface area contributed by atoms with E-state index in [1.807, 2.05) is 18.2 Å². The van der Waals surface area contributed by atoms with Crippen LogP contribution < -0.4 is 10.1 Å². The lowest BCUT2D eigenvalue weighted by Crippen LogP contribution is -2.17. The third-order valence-electron chi connectivity index (χ3n) is 3.93. The minimum absolute atomic E-state index is 0.472. The molecular formula is C20H21N3OS. The largest absolute Gasteiger partial charge is 0.457 e. The van der Waals surface area contributed by atoms with Crippen molar-refractivity contribution in [2.24, 2.45) is 0 Å². The van der Waals surface area contributed by atoms with Crippen LogP contribution in [-0.2, 0) is 0 Å². The van der Waals surface area contributed by atoms with E-state index in [9.17, 15) is 0 Å². The van der Waals surface area contributed by atoms with Gasteiger partial charge < -0.3 is 10.1 Å². The van der Waals surface area contributed by atoms with Crippen molar-refractivity contribution in [1.82, 2.24) is 9.97 Å². The Labute approximate surface area is 152 Å². The van der Waals surface area contributed by atoms with Gasteiger partial charge in [0.05, 0.1) is 10.2 Å². The van der Waals surface area contributed by atoms with Gasteiger partial charge in [0.2, 0.25) is 0 Å². The highest BCUT2D eigenvalue weighted by atomic mass is 32.1. The molecule has 0 amide bonds. The first-order valence-electron chi connectivity index (χ1n) is 8.49. The zero-order valence-electron chi connectivity index (χ0n) is 14.5. The standard InChI is InChI=1S/C20H21N3OS/c1-4-7-14(5-2)22-20-23-18-9-8-16(13-19(18)25-20)24-17-10-11-21-15(6-3)12-17/h3,8-14H,4-5,7H2,1-2H3,(H,22,23). The number of ether oxygens (including phenoxy) is 1. The Kier molecular flexibility index (Phi) is 5.52. The van der Waals surface area contributed by atoms with Crippen molar-refractivity contribution in [2.75, 3.05) is 5.32 Å². The first kappa shape index (κ1) is 17.2. The molecule has 0 saturated carbocycles. The second kappa shape index (κ2) is 8.00. The number of anilines is 1. The SMILES string of the molecule is C#Cc1cc(Oc2ccc3nc(NC(CC)CCC)sc3c2)ccn1. The molecule has 0 aliphatic carbocycles. The van der Waals surface area contributed by atoms with E-state index in [0.29, 0.717) is 17.5 Å². The summed E-state index contributed by atoms with van der Waals surface area (Å²) in [5.41, 5.74) is 1.54. The normalized spacial score (nSPS) is 11.9. The van der Waals surface area contributed by atoms with Crippen LogP contribution in [0.1, 0.15) is 38.8 Å². The lowest BCUT2D eigenvalue weighted by atomic mass is 10.1. The Morgan fingerprint density at radius 3 is 2.84 bits per heavy atom. The summed E-state index contributed by atoms with van der Waals surface area (Å²) in [6.07, 6.45) is 10.4. The first-order valence-corrected chi connectivity index (χ1v) is 9.31. The number of benzene rings is 1. The highest BCUT2D eigenvalue weighted by Crippen LogP contribution is 2.32. The predicted octanol–water partition coefficient (Wildman–Crippen LogP) is 5.46. The van der Waals surface area contributed by atoms with Gasteiger partial charge in [0.25, 0.3) is 0 Å². The number of aromatic nitrogens is 2. The van der Waals surface area contributed by atoms with E-state index in [0.717, 1.165) is 33.9 Å². The van der Waals surface area contributed by atoms with E-state index in [4.69, 9.17) is 11.2 Å².